The van der Waals surface area contributed by atoms with Crippen molar-refractivity contribution in [1.82, 2.24) is 0 Å². The molecule has 0 amide bonds. The standard InChI is InChI=1S/C36H23F4NO4/c37-26-11-8-24(9-12-26)30-16-13-28(20-34(30)40)45-36(43)3-1-2-35(42)44-27-14-17-32(38)31(19-27)25-10-15-29(33(39)18-25)23-6-4-22(21-41)5-7-23/h4-20H,1-3H2. The zero-order chi connectivity index (χ0) is 31.9. The Balaban J connectivity index is 1.15. The zero-order valence-electron chi connectivity index (χ0n) is 23.5. The van der Waals surface area contributed by atoms with Gasteiger partial charge in [0.1, 0.15) is 34.8 Å². The quantitative estimate of drug-likeness (QED) is 0.0949. The van der Waals surface area contributed by atoms with Crippen molar-refractivity contribution in [3.63, 3.8) is 0 Å². The van der Waals surface area contributed by atoms with E-state index in [2.05, 4.69) is 0 Å². The molecule has 0 bridgehead atoms. The lowest BCUT2D eigenvalue weighted by Gasteiger charge is -2.10. The molecule has 0 aliphatic rings. The molecule has 224 valence electrons. The Bertz CT molecular complexity index is 1920. The van der Waals surface area contributed by atoms with Crippen molar-refractivity contribution in [1.29, 1.82) is 5.26 Å². The molecule has 0 radical (unpaired) electrons. The molecule has 0 saturated heterocycles. The summed E-state index contributed by atoms with van der Waals surface area (Å²) < 4.78 is 67.8. The SMILES string of the molecule is N#Cc1ccc(-c2ccc(-c3cc(OC(=O)CCCC(=O)Oc4ccc(-c5ccc(F)cc5)c(F)c4)ccc3F)cc2F)cc1. The van der Waals surface area contributed by atoms with Crippen LogP contribution in [0.15, 0.2) is 103 Å². The lowest BCUT2D eigenvalue weighted by atomic mass is 9.98. The summed E-state index contributed by atoms with van der Waals surface area (Å²) in [4.78, 5) is 24.6. The van der Waals surface area contributed by atoms with E-state index in [1.807, 2.05) is 6.07 Å². The van der Waals surface area contributed by atoms with E-state index in [0.717, 1.165) is 12.1 Å². The number of nitrogens with zero attached hydrogens (tertiary/aromatic N) is 1. The summed E-state index contributed by atoms with van der Waals surface area (Å²) in [5.41, 5.74) is 2.19. The minimum absolute atomic E-state index is 0.0202. The normalized spacial score (nSPS) is 10.6. The van der Waals surface area contributed by atoms with Crippen LogP contribution in [0, 0.1) is 34.6 Å². The number of esters is 2. The van der Waals surface area contributed by atoms with Gasteiger partial charge in [-0.25, -0.2) is 17.6 Å². The van der Waals surface area contributed by atoms with Crippen LogP contribution in [-0.2, 0) is 9.59 Å². The Morgan fingerprint density at radius 2 is 1.07 bits per heavy atom. The van der Waals surface area contributed by atoms with Crippen LogP contribution in [0.2, 0.25) is 0 Å². The smallest absolute Gasteiger partial charge is 0.311 e. The second kappa shape index (κ2) is 13.7. The number of rotatable bonds is 9. The number of carbonyl (C=O) groups is 2. The highest BCUT2D eigenvalue weighted by molar-refractivity contribution is 5.77. The molecule has 5 aromatic rings. The average molecular weight is 610 g/mol. The number of nitriles is 1. The largest absolute Gasteiger partial charge is 0.427 e. The molecule has 0 heterocycles. The molecule has 0 N–H and O–H groups in total. The van der Waals surface area contributed by atoms with Crippen molar-refractivity contribution in [2.75, 3.05) is 0 Å². The molecule has 45 heavy (non-hydrogen) atoms. The van der Waals surface area contributed by atoms with Crippen LogP contribution < -0.4 is 9.47 Å². The molecule has 0 saturated carbocycles. The number of hydrogen-bond acceptors (Lipinski definition) is 5. The van der Waals surface area contributed by atoms with Crippen LogP contribution in [0.3, 0.4) is 0 Å². The Morgan fingerprint density at radius 3 is 1.64 bits per heavy atom. The second-order valence-electron chi connectivity index (χ2n) is 9.98. The fourth-order valence-electron chi connectivity index (χ4n) is 4.60. The monoisotopic (exact) mass is 609 g/mol. The molecular formula is C36H23F4NO4. The van der Waals surface area contributed by atoms with Gasteiger partial charge in [-0.2, -0.15) is 5.26 Å². The van der Waals surface area contributed by atoms with Crippen LogP contribution in [-0.4, -0.2) is 11.9 Å². The van der Waals surface area contributed by atoms with Gasteiger partial charge in [0.15, 0.2) is 0 Å². The first kappa shape index (κ1) is 30.7. The molecule has 5 nitrogen and oxygen atoms in total. The van der Waals surface area contributed by atoms with E-state index in [0.29, 0.717) is 16.7 Å². The fraction of sp³-hybridized carbons (Fsp3) is 0.0833. The van der Waals surface area contributed by atoms with E-state index >= 15 is 0 Å². The Kier molecular flexibility index (Phi) is 9.34. The van der Waals surface area contributed by atoms with Crippen LogP contribution in [0.4, 0.5) is 17.6 Å². The Morgan fingerprint density at radius 1 is 0.556 bits per heavy atom. The van der Waals surface area contributed by atoms with E-state index in [-0.39, 0.29) is 53.0 Å². The Labute approximate surface area is 255 Å². The minimum atomic E-state index is -0.688. The first-order valence-electron chi connectivity index (χ1n) is 13.8. The summed E-state index contributed by atoms with van der Waals surface area (Å²) in [7, 11) is 0. The van der Waals surface area contributed by atoms with Gasteiger partial charge in [-0.3, -0.25) is 9.59 Å². The molecule has 5 aromatic carbocycles. The Hall–Kier alpha value is -5.75. The van der Waals surface area contributed by atoms with Gasteiger partial charge in [0.25, 0.3) is 0 Å². The molecule has 0 aromatic heterocycles. The first-order valence-corrected chi connectivity index (χ1v) is 13.8. The van der Waals surface area contributed by atoms with E-state index in [9.17, 15) is 27.2 Å². The summed E-state index contributed by atoms with van der Waals surface area (Å²) in [5, 5.41) is 8.95. The summed E-state index contributed by atoms with van der Waals surface area (Å²) in [6.07, 6.45) is -0.243. The van der Waals surface area contributed by atoms with E-state index in [1.54, 1.807) is 24.3 Å². The van der Waals surface area contributed by atoms with Crippen LogP contribution in [0.5, 0.6) is 11.5 Å². The second-order valence-corrected chi connectivity index (χ2v) is 9.98. The van der Waals surface area contributed by atoms with Crippen LogP contribution in [0.1, 0.15) is 24.8 Å². The third-order valence-corrected chi connectivity index (χ3v) is 6.86. The summed E-state index contributed by atoms with van der Waals surface area (Å²) in [6.45, 7) is 0. The molecule has 0 fully saturated rings. The molecule has 0 atom stereocenters. The van der Waals surface area contributed by atoms with Gasteiger partial charge in [-0.1, -0.05) is 36.4 Å². The molecular weight excluding hydrogens is 586 g/mol. The average Bonchev–Trinajstić information content (AvgIpc) is 3.02. The number of ether oxygens (including phenoxy) is 2. The molecule has 9 heteroatoms. The minimum Gasteiger partial charge on any atom is -0.427 e. The number of benzene rings is 5. The van der Waals surface area contributed by atoms with Gasteiger partial charge in [-0.05, 0) is 83.8 Å². The third-order valence-electron chi connectivity index (χ3n) is 6.86. The van der Waals surface area contributed by atoms with Gasteiger partial charge < -0.3 is 9.47 Å². The van der Waals surface area contributed by atoms with Gasteiger partial charge >= 0.3 is 11.9 Å². The van der Waals surface area contributed by atoms with Crippen molar-refractivity contribution >= 4 is 11.9 Å². The van der Waals surface area contributed by atoms with Crippen molar-refractivity contribution < 1.29 is 36.6 Å². The van der Waals surface area contributed by atoms with Gasteiger partial charge in [0, 0.05) is 35.6 Å². The van der Waals surface area contributed by atoms with Crippen molar-refractivity contribution in [3.8, 4) is 50.9 Å². The van der Waals surface area contributed by atoms with E-state index in [1.165, 1.54) is 66.7 Å². The first-order chi connectivity index (χ1) is 21.7. The van der Waals surface area contributed by atoms with Gasteiger partial charge in [0.05, 0.1) is 11.6 Å². The molecule has 0 unspecified atom stereocenters. The maximum atomic E-state index is 15.0. The number of halogens is 4. The fourth-order valence-corrected chi connectivity index (χ4v) is 4.60. The zero-order valence-corrected chi connectivity index (χ0v) is 23.5. The predicted molar refractivity (Wildman–Crippen MR) is 159 cm³/mol. The van der Waals surface area contributed by atoms with Crippen molar-refractivity contribution in [2.45, 2.75) is 19.3 Å². The van der Waals surface area contributed by atoms with Crippen LogP contribution >= 0.6 is 0 Å². The van der Waals surface area contributed by atoms with E-state index < -0.39 is 35.2 Å². The molecule has 0 spiro atoms. The lowest BCUT2D eigenvalue weighted by Crippen LogP contribution is -2.12. The van der Waals surface area contributed by atoms with Gasteiger partial charge in [0.2, 0.25) is 0 Å². The summed E-state index contributed by atoms with van der Waals surface area (Å²) in [6, 6.07) is 25.4. The topological polar surface area (TPSA) is 76.4 Å². The number of hydrogen-bond donors (Lipinski definition) is 0. The molecule has 0 aliphatic heterocycles. The van der Waals surface area contributed by atoms with Crippen LogP contribution in [0.25, 0.3) is 33.4 Å². The third kappa shape index (κ3) is 7.61. The predicted octanol–water partition coefficient (Wildman–Crippen LogP) is 8.80. The number of carbonyl (C=O) groups excluding carboxylic acids is 2. The molecule has 0 aliphatic carbocycles. The maximum Gasteiger partial charge on any atom is 0.311 e. The lowest BCUT2D eigenvalue weighted by molar-refractivity contribution is -0.136. The highest BCUT2D eigenvalue weighted by atomic mass is 19.1. The van der Waals surface area contributed by atoms with E-state index in [4.69, 9.17) is 14.7 Å². The summed E-state index contributed by atoms with van der Waals surface area (Å²) >= 11 is 0. The summed E-state index contributed by atoms with van der Waals surface area (Å²) in [5.74, 6) is -3.71. The van der Waals surface area contributed by atoms with Gasteiger partial charge in [-0.15, -0.1) is 0 Å². The molecule has 5 rings (SSSR count). The van der Waals surface area contributed by atoms with Crippen molar-refractivity contribution in [2.24, 2.45) is 0 Å². The highest BCUT2D eigenvalue weighted by Crippen LogP contribution is 2.32. The highest BCUT2D eigenvalue weighted by Gasteiger charge is 2.15. The maximum absolute atomic E-state index is 15.0. The van der Waals surface area contributed by atoms with Crippen molar-refractivity contribution in [3.05, 3.63) is 132 Å².